The van der Waals surface area contributed by atoms with Gasteiger partial charge in [-0.15, -0.1) is 0 Å². The van der Waals surface area contributed by atoms with Crippen molar-refractivity contribution >= 4 is 33.7 Å². The van der Waals surface area contributed by atoms with E-state index in [-0.39, 0.29) is 6.42 Å². The first kappa shape index (κ1) is 17.7. The van der Waals surface area contributed by atoms with E-state index in [0.29, 0.717) is 17.0 Å². The summed E-state index contributed by atoms with van der Waals surface area (Å²) >= 11 is 5.74. The third kappa shape index (κ3) is 5.49. The monoisotopic (exact) mass is 331 g/mol. The van der Waals surface area contributed by atoms with Gasteiger partial charge in [-0.1, -0.05) is 37.1 Å². The molecule has 0 radical (unpaired) electrons. The Kier molecular flexibility index (Phi) is 5.95. The van der Waals surface area contributed by atoms with Gasteiger partial charge in [0.2, 0.25) is 10.0 Å². The molecule has 2 N–H and O–H groups in total. The number of sulfonamides is 1. The van der Waals surface area contributed by atoms with Gasteiger partial charge in [-0.05, 0) is 37.1 Å². The number of nitrogens with one attached hydrogen (secondary N) is 1. The van der Waals surface area contributed by atoms with E-state index in [0.717, 1.165) is 5.41 Å². The smallest absolute Gasteiger partial charge is 0.324 e. The topological polar surface area (TPSA) is 83.5 Å². The predicted octanol–water partition coefficient (Wildman–Crippen LogP) is 2.87. The lowest BCUT2D eigenvalue weighted by Gasteiger charge is -2.24. The summed E-state index contributed by atoms with van der Waals surface area (Å²) < 4.78 is 26.2. The van der Waals surface area contributed by atoms with Crippen LogP contribution in [0, 0.1) is 0 Å². The fraction of sp³-hybridized carbons (Fsp3) is 0.357. The molecule has 21 heavy (non-hydrogen) atoms. The molecule has 7 heteroatoms. The van der Waals surface area contributed by atoms with E-state index in [9.17, 15) is 18.3 Å². The van der Waals surface area contributed by atoms with Crippen molar-refractivity contribution in [1.29, 1.82) is 0 Å². The van der Waals surface area contributed by atoms with Gasteiger partial charge in [0.15, 0.2) is 0 Å². The highest BCUT2D eigenvalue weighted by Gasteiger charge is 2.35. The van der Waals surface area contributed by atoms with Crippen LogP contribution in [0.1, 0.15) is 32.3 Å². The number of carbonyl (C=O) groups is 1. The number of hydrogen-bond acceptors (Lipinski definition) is 3. The lowest BCUT2D eigenvalue weighted by molar-refractivity contribution is -0.143. The summed E-state index contributed by atoms with van der Waals surface area (Å²) in [7, 11) is -3.86. The van der Waals surface area contributed by atoms with Gasteiger partial charge in [-0.25, -0.2) is 8.42 Å². The lowest BCUT2D eigenvalue weighted by atomic mass is 9.98. The lowest BCUT2D eigenvalue weighted by Crippen LogP contribution is -2.51. The molecular formula is C14H18ClNO4S. The third-order valence-electron chi connectivity index (χ3n) is 2.90. The molecule has 0 heterocycles. The molecule has 0 aromatic heterocycles. The van der Waals surface area contributed by atoms with Crippen LogP contribution in [-0.2, 0) is 14.8 Å². The Morgan fingerprint density at radius 1 is 1.38 bits per heavy atom. The molecule has 0 aliphatic carbocycles. The van der Waals surface area contributed by atoms with E-state index in [1.807, 2.05) is 0 Å². The zero-order valence-electron chi connectivity index (χ0n) is 11.8. The molecule has 0 aliphatic heterocycles. The predicted molar refractivity (Wildman–Crippen MR) is 83.5 cm³/mol. The van der Waals surface area contributed by atoms with Crippen molar-refractivity contribution in [2.24, 2.45) is 0 Å². The molecule has 1 aromatic rings. The second-order valence-electron chi connectivity index (χ2n) is 4.89. The van der Waals surface area contributed by atoms with E-state index in [4.69, 9.17) is 11.6 Å². The zero-order valence-corrected chi connectivity index (χ0v) is 13.4. The Labute approximate surface area is 129 Å². The van der Waals surface area contributed by atoms with Gasteiger partial charge in [-0.2, -0.15) is 4.72 Å². The number of carboxylic acids is 1. The summed E-state index contributed by atoms with van der Waals surface area (Å²) in [4.78, 5) is 11.2. The highest BCUT2D eigenvalue weighted by Crippen LogP contribution is 2.16. The second-order valence-corrected chi connectivity index (χ2v) is 6.89. The molecule has 0 fully saturated rings. The van der Waals surface area contributed by atoms with Crippen molar-refractivity contribution in [2.75, 3.05) is 0 Å². The van der Waals surface area contributed by atoms with Gasteiger partial charge in [0, 0.05) is 10.4 Å². The normalized spacial score (nSPS) is 15.0. The summed E-state index contributed by atoms with van der Waals surface area (Å²) in [5.74, 6) is -1.20. The minimum absolute atomic E-state index is 0.205. The van der Waals surface area contributed by atoms with Gasteiger partial charge in [-0.3, -0.25) is 4.79 Å². The molecule has 116 valence electrons. The average Bonchev–Trinajstić information content (AvgIpc) is 2.37. The van der Waals surface area contributed by atoms with E-state index >= 15 is 0 Å². The molecule has 0 saturated carbocycles. The molecule has 0 amide bonds. The van der Waals surface area contributed by atoms with Crippen LogP contribution in [0.15, 0.2) is 29.7 Å². The van der Waals surface area contributed by atoms with Gasteiger partial charge in [0.25, 0.3) is 0 Å². The van der Waals surface area contributed by atoms with Crippen molar-refractivity contribution in [3.63, 3.8) is 0 Å². The fourth-order valence-electron chi connectivity index (χ4n) is 1.79. The maximum Gasteiger partial charge on any atom is 0.324 e. The number of carboxylic acid groups (broad SMARTS) is 1. The van der Waals surface area contributed by atoms with Gasteiger partial charge >= 0.3 is 5.97 Å². The minimum Gasteiger partial charge on any atom is -0.480 e. The van der Waals surface area contributed by atoms with Gasteiger partial charge < -0.3 is 5.11 Å². The molecule has 0 bridgehead atoms. The van der Waals surface area contributed by atoms with Crippen molar-refractivity contribution in [2.45, 2.75) is 32.2 Å². The van der Waals surface area contributed by atoms with Crippen LogP contribution in [0.4, 0.5) is 0 Å². The molecular weight excluding hydrogens is 314 g/mol. The van der Waals surface area contributed by atoms with Crippen LogP contribution < -0.4 is 4.72 Å². The van der Waals surface area contributed by atoms with Crippen LogP contribution in [0.25, 0.3) is 6.08 Å². The SMILES string of the molecule is CCCC(C)(NS(=O)(=O)/C=C/c1ccc(Cl)cc1)C(=O)O. The third-order valence-corrected chi connectivity index (χ3v) is 4.38. The summed E-state index contributed by atoms with van der Waals surface area (Å²) in [5, 5.41) is 10.7. The van der Waals surface area contributed by atoms with Crippen LogP contribution >= 0.6 is 11.6 Å². The maximum atomic E-state index is 12.0. The number of rotatable bonds is 7. The van der Waals surface area contributed by atoms with Crippen LogP contribution in [0.3, 0.4) is 0 Å². The first-order valence-corrected chi connectivity index (χ1v) is 8.32. The summed E-state index contributed by atoms with van der Waals surface area (Å²) in [6.45, 7) is 3.14. The molecule has 5 nitrogen and oxygen atoms in total. The molecule has 1 unspecified atom stereocenters. The molecule has 0 spiro atoms. The van der Waals surface area contributed by atoms with Gasteiger partial charge in [0.1, 0.15) is 5.54 Å². The van der Waals surface area contributed by atoms with E-state index in [1.165, 1.54) is 13.0 Å². The Balaban J connectivity index is 2.90. The van der Waals surface area contributed by atoms with Gasteiger partial charge in [0.05, 0.1) is 0 Å². The second kappa shape index (κ2) is 7.06. The number of hydrogen-bond donors (Lipinski definition) is 2. The summed E-state index contributed by atoms with van der Waals surface area (Å²) in [6.07, 6.45) is 2.13. The molecule has 1 aromatic carbocycles. The highest BCUT2D eigenvalue weighted by atomic mass is 35.5. The first-order valence-electron chi connectivity index (χ1n) is 6.39. The minimum atomic E-state index is -3.86. The Morgan fingerprint density at radius 3 is 2.43 bits per heavy atom. The summed E-state index contributed by atoms with van der Waals surface area (Å²) in [6, 6.07) is 6.60. The Bertz CT molecular complexity index is 625. The van der Waals surface area contributed by atoms with Crippen molar-refractivity contribution in [3.05, 3.63) is 40.3 Å². The fourth-order valence-corrected chi connectivity index (χ4v) is 3.14. The van der Waals surface area contributed by atoms with Crippen LogP contribution in [-0.4, -0.2) is 25.0 Å². The van der Waals surface area contributed by atoms with E-state index in [2.05, 4.69) is 4.72 Å². The zero-order chi connectivity index (χ0) is 16.1. The Hall–Kier alpha value is -1.37. The van der Waals surface area contributed by atoms with Crippen LogP contribution in [0.5, 0.6) is 0 Å². The molecule has 1 rings (SSSR count). The largest absolute Gasteiger partial charge is 0.480 e. The number of aliphatic carboxylic acids is 1. The Morgan fingerprint density at radius 2 is 1.95 bits per heavy atom. The summed E-state index contributed by atoms with van der Waals surface area (Å²) in [5.41, 5.74) is -0.866. The van der Waals surface area contributed by atoms with E-state index < -0.39 is 21.5 Å². The van der Waals surface area contributed by atoms with Crippen molar-refractivity contribution < 1.29 is 18.3 Å². The first-order chi connectivity index (χ1) is 9.68. The van der Waals surface area contributed by atoms with E-state index in [1.54, 1.807) is 31.2 Å². The molecule has 0 saturated heterocycles. The maximum absolute atomic E-state index is 12.0. The highest BCUT2D eigenvalue weighted by molar-refractivity contribution is 7.92. The van der Waals surface area contributed by atoms with Crippen LogP contribution in [0.2, 0.25) is 5.02 Å². The van der Waals surface area contributed by atoms with Crippen molar-refractivity contribution in [3.8, 4) is 0 Å². The quantitative estimate of drug-likeness (QED) is 0.804. The molecule has 0 aliphatic rings. The standard InChI is InChI=1S/C14H18ClNO4S/c1-3-9-14(2,13(17)18)16-21(19,20)10-8-11-4-6-12(15)7-5-11/h4-8,10,16H,3,9H2,1-2H3,(H,17,18)/b10-8+. The number of halogens is 1. The van der Waals surface area contributed by atoms with Crippen molar-refractivity contribution in [1.82, 2.24) is 4.72 Å². The molecule has 1 atom stereocenters. The number of benzene rings is 1. The average molecular weight is 332 g/mol.